The highest BCUT2D eigenvalue weighted by Crippen LogP contribution is 2.32. The molecule has 1 aliphatic rings. The molecule has 1 N–H and O–H groups in total. The Hall–Kier alpha value is -1.59. The molecule has 0 radical (unpaired) electrons. The predicted octanol–water partition coefficient (Wildman–Crippen LogP) is 3.29. The first-order valence-electron chi connectivity index (χ1n) is 7.23. The predicted molar refractivity (Wildman–Crippen MR) is 84.0 cm³/mol. The van der Waals surface area contributed by atoms with Crippen molar-refractivity contribution in [2.75, 3.05) is 6.79 Å². The van der Waals surface area contributed by atoms with Crippen molar-refractivity contribution in [2.24, 2.45) is 0 Å². The maximum atomic E-state index is 5.41. The lowest BCUT2D eigenvalue weighted by Gasteiger charge is -2.13. The maximum absolute atomic E-state index is 5.41. The summed E-state index contributed by atoms with van der Waals surface area (Å²) < 4.78 is 10.7. The largest absolute Gasteiger partial charge is 0.454 e. The van der Waals surface area contributed by atoms with Gasteiger partial charge in [0.25, 0.3) is 0 Å². The molecule has 5 heteroatoms. The van der Waals surface area contributed by atoms with Gasteiger partial charge in [0.15, 0.2) is 11.5 Å². The zero-order chi connectivity index (χ0) is 14.7. The van der Waals surface area contributed by atoms with Crippen molar-refractivity contribution in [3.8, 4) is 11.5 Å². The quantitative estimate of drug-likeness (QED) is 0.889. The van der Waals surface area contributed by atoms with E-state index in [1.165, 1.54) is 10.4 Å². The van der Waals surface area contributed by atoms with E-state index in [0.29, 0.717) is 12.8 Å². The molecule has 112 valence electrons. The van der Waals surface area contributed by atoms with Crippen LogP contribution in [0.3, 0.4) is 0 Å². The van der Waals surface area contributed by atoms with E-state index in [4.69, 9.17) is 9.47 Å². The van der Waals surface area contributed by atoms with Crippen LogP contribution in [0.4, 0.5) is 0 Å². The van der Waals surface area contributed by atoms with Gasteiger partial charge in [-0.1, -0.05) is 6.07 Å². The first-order valence-corrected chi connectivity index (χ1v) is 8.11. The molecule has 0 aliphatic carbocycles. The number of hydrogen-bond donors (Lipinski definition) is 1. The van der Waals surface area contributed by atoms with Gasteiger partial charge in [-0.05, 0) is 44.4 Å². The standard InChI is InChI=1S/C16H20N2O2S/c1-11(17-8-16-12(2)18-9-21-16)3-4-13-5-6-14-15(7-13)20-10-19-14/h5-7,9,11,17H,3-4,8,10H2,1-2H3. The van der Waals surface area contributed by atoms with Crippen LogP contribution in [0.1, 0.15) is 29.5 Å². The zero-order valence-electron chi connectivity index (χ0n) is 12.4. The Kier molecular flexibility index (Phi) is 4.41. The second-order valence-electron chi connectivity index (χ2n) is 5.37. The average molecular weight is 304 g/mol. The van der Waals surface area contributed by atoms with Gasteiger partial charge < -0.3 is 14.8 Å². The summed E-state index contributed by atoms with van der Waals surface area (Å²) in [5, 5.41) is 3.56. The van der Waals surface area contributed by atoms with E-state index >= 15 is 0 Å². The van der Waals surface area contributed by atoms with E-state index in [0.717, 1.165) is 36.6 Å². The van der Waals surface area contributed by atoms with Crippen molar-refractivity contribution in [2.45, 2.75) is 39.3 Å². The van der Waals surface area contributed by atoms with Crippen LogP contribution in [0.25, 0.3) is 0 Å². The molecular formula is C16H20N2O2S. The molecule has 3 rings (SSSR count). The number of aryl methyl sites for hydroxylation is 2. The van der Waals surface area contributed by atoms with Gasteiger partial charge in [0, 0.05) is 17.5 Å². The van der Waals surface area contributed by atoms with Gasteiger partial charge in [0.05, 0.1) is 11.2 Å². The van der Waals surface area contributed by atoms with Crippen molar-refractivity contribution in [1.29, 1.82) is 0 Å². The van der Waals surface area contributed by atoms with Gasteiger partial charge in [0.1, 0.15) is 0 Å². The topological polar surface area (TPSA) is 43.4 Å². The van der Waals surface area contributed by atoms with Gasteiger partial charge in [-0.2, -0.15) is 0 Å². The van der Waals surface area contributed by atoms with Crippen LogP contribution >= 0.6 is 11.3 Å². The van der Waals surface area contributed by atoms with Crippen LogP contribution in [0.15, 0.2) is 23.7 Å². The minimum atomic E-state index is 0.338. The molecule has 2 heterocycles. The van der Waals surface area contributed by atoms with Crippen LogP contribution in [0.5, 0.6) is 11.5 Å². The lowest BCUT2D eigenvalue weighted by Crippen LogP contribution is -2.25. The van der Waals surface area contributed by atoms with Gasteiger partial charge in [0.2, 0.25) is 6.79 Å². The van der Waals surface area contributed by atoms with Crippen molar-refractivity contribution in [1.82, 2.24) is 10.3 Å². The lowest BCUT2D eigenvalue weighted by molar-refractivity contribution is 0.174. The highest BCUT2D eigenvalue weighted by Gasteiger charge is 2.13. The summed E-state index contributed by atoms with van der Waals surface area (Å²) in [4.78, 5) is 5.60. The molecule has 0 amide bonds. The van der Waals surface area contributed by atoms with E-state index in [9.17, 15) is 0 Å². The fraction of sp³-hybridized carbons (Fsp3) is 0.438. The molecule has 0 saturated carbocycles. The first-order chi connectivity index (χ1) is 10.2. The third kappa shape index (κ3) is 3.54. The van der Waals surface area contributed by atoms with Crippen LogP contribution in [0, 0.1) is 6.92 Å². The fourth-order valence-electron chi connectivity index (χ4n) is 2.34. The third-order valence-corrected chi connectivity index (χ3v) is 4.69. The maximum Gasteiger partial charge on any atom is 0.231 e. The zero-order valence-corrected chi connectivity index (χ0v) is 13.2. The van der Waals surface area contributed by atoms with E-state index in [2.05, 4.69) is 36.3 Å². The number of aromatic nitrogens is 1. The molecule has 0 bridgehead atoms. The van der Waals surface area contributed by atoms with Crippen molar-refractivity contribution in [3.63, 3.8) is 0 Å². The Bertz CT molecular complexity index is 612. The van der Waals surface area contributed by atoms with Crippen LogP contribution in [0.2, 0.25) is 0 Å². The summed E-state index contributed by atoms with van der Waals surface area (Å²) in [6.07, 6.45) is 2.13. The minimum Gasteiger partial charge on any atom is -0.454 e. The second-order valence-corrected chi connectivity index (χ2v) is 6.31. The van der Waals surface area contributed by atoms with Crippen LogP contribution in [-0.4, -0.2) is 17.8 Å². The number of hydrogen-bond acceptors (Lipinski definition) is 5. The molecular weight excluding hydrogens is 284 g/mol. The van der Waals surface area contributed by atoms with E-state index in [1.54, 1.807) is 11.3 Å². The van der Waals surface area contributed by atoms with E-state index in [1.807, 2.05) is 11.6 Å². The normalized spacial score (nSPS) is 14.4. The fourth-order valence-corrected chi connectivity index (χ4v) is 3.07. The number of fused-ring (bicyclic) bond motifs is 1. The highest BCUT2D eigenvalue weighted by atomic mass is 32.1. The molecule has 1 unspecified atom stereocenters. The van der Waals surface area contributed by atoms with Crippen LogP contribution < -0.4 is 14.8 Å². The molecule has 1 aromatic carbocycles. The number of benzene rings is 1. The summed E-state index contributed by atoms with van der Waals surface area (Å²) >= 11 is 1.72. The van der Waals surface area contributed by atoms with Crippen molar-refractivity contribution < 1.29 is 9.47 Å². The Morgan fingerprint density at radius 1 is 1.33 bits per heavy atom. The van der Waals surface area contributed by atoms with E-state index < -0.39 is 0 Å². The monoisotopic (exact) mass is 304 g/mol. The summed E-state index contributed by atoms with van der Waals surface area (Å²) in [6, 6.07) is 6.67. The summed E-state index contributed by atoms with van der Waals surface area (Å²) in [5.41, 5.74) is 4.33. The molecule has 0 saturated heterocycles. The molecule has 21 heavy (non-hydrogen) atoms. The number of nitrogens with one attached hydrogen (secondary N) is 1. The Morgan fingerprint density at radius 2 is 2.19 bits per heavy atom. The molecule has 1 aromatic heterocycles. The molecule has 2 aromatic rings. The Balaban J connectivity index is 1.47. The molecule has 1 aliphatic heterocycles. The van der Waals surface area contributed by atoms with Crippen molar-refractivity contribution in [3.05, 3.63) is 39.8 Å². The number of rotatable bonds is 6. The SMILES string of the molecule is Cc1ncsc1CNC(C)CCc1ccc2c(c1)OCO2. The van der Waals surface area contributed by atoms with E-state index in [-0.39, 0.29) is 0 Å². The molecule has 0 spiro atoms. The Labute approximate surface area is 129 Å². The van der Waals surface area contributed by atoms with Gasteiger partial charge in [-0.3, -0.25) is 0 Å². The Morgan fingerprint density at radius 3 is 3.00 bits per heavy atom. The second kappa shape index (κ2) is 6.45. The number of ether oxygens (including phenoxy) is 2. The summed E-state index contributed by atoms with van der Waals surface area (Å²) in [5.74, 6) is 1.72. The number of thiazole rings is 1. The smallest absolute Gasteiger partial charge is 0.231 e. The molecule has 1 atom stereocenters. The third-order valence-electron chi connectivity index (χ3n) is 3.76. The first kappa shape index (κ1) is 14.4. The van der Waals surface area contributed by atoms with Crippen molar-refractivity contribution >= 4 is 11.3 Å². The van der Waals surface area contributed by atoms with Crippen LogP contribution in [-0.2, 0) is 13.0 Å². The lowest BCUT2D eigenvalue weighted by atomic mass is 10.1. The average Bonchev–Trinajstić information content (AvgIpc) is 3.11. The summed E-state index contributed by atoms with van der Waals surface area (Å²) in [6.45, 7) is 5.53. The summed E-state index contributed by atoms with van der Waals surface area (Å²) in [7, 11) is 0. The van der Waals surface area contributed by atoms with Gasteiger partial charge in [-0.15, -0.1) is 11.3 Å². The number of nitrogens with zero attached hydrogens (tertiary/aromatic N) is 1. The molecule has 4 nitrogen and oxygen atoms in total. The minimum absolute atomic E-state index is 0.338. The van der Waals surface area contributed by atoms with Gasteiger partial charge in [-0.25, -0.2) is 4.98 Å². The highest BCUT2D eigenvalue weighted by molar-refractivity contribution is 7.09. The molecule has 0 fully saturated rings. The van der Waals surface area contributed by atoms with Gasteiger partial charge >= 0.3 is 0 Å².